The fourth-order valence-corrected chi connectivity index (χ4v) is 6.54. The van der Waals surface area contributed by atoms with Crippen LogP contribution >= 0.6 is 0 Å². The van der Waals surface area contributed by atoms with Crippen molar-refractivity contribution in [2.75, 3.05) is 45.0 Å². The lowest BCUT2D eigenvalue weighted by molar-refractivity contribution is -0.148. The number of halogens is 3. The van der Waals surface area contributed by atoms with E-state index >= 15 is 0 Å². The number of hydrogen-bond acceptors (Lipinski definition) is 8. The lowest BCUT2D eigenvalue weighted by atomic mass is 9.99. The number of aromatic nitrogens is 3. The number of benzene rings is 2. The van der Waals surface area contributed by atoms with E-state index in [0.29, 0.717) is 71.2 Å². The molecule has 9 nitrogen and oxygen atoms in total. The van der Waals surface area contributed by atoms with Crippen molar-refractivity contribution in [2.24, 2.45) is 0 Å². The minimum Gasteiger partial charge on any atom is -0.468 e. The predicted molar refractivity (Wildman–Crippen MR) is 168 cm³/mol. The summed E-state index contributed by atoms with van der Waals surface area (Å²) < 4.78 is 60.3. The first-order valence-corrected chi connectivity index (χ1v) is 15.6. The number of anilines is 1. The maximum absolute atomic E-state index is 14.0. The van der Waals surface area contributed by atoms with Crippen molar-refractivity contribution in [3.05, 3.63) is 71.4 Å². The summed E-state index contributed by atoms with van der Waals surface area (Å²) in [6, 6.07) is 15.9. The van der Waals surface area contributed by atoms with Crippen molar-refractivity contribution < 1.29 is 32.2 Å². The van der Waals surface area contributed by atoms with Crippen LogP contribution in [0.4, 0.5) is 18.9 Å². The first kappa shape index (κ1) is 32.0. The molecule has 12 heteroatoms. The first-order chi connectivity index (χ1) is 22.3. The molecule has 0 spiro atoms. The molecule has 0 amide bonds. The van der Waals surface area contributed by atoms with Crippen molar-refractivity contribution in [1.82, 2.24) is 19.7 Å². The Balaban J connectivity index is 1.46. The SMILES string of the molecule is COCOc1ccc(-c2nc3c(c(C)nn3C3CCCCO3)c(C=O)c2N2CCN(Cc3ccccc3)[C@H](CC(F)(F)F)C2)cc1. The van der Waals surface area contributed by atoms with Crippen molar-refractivity contribution in [2.45, 2.75) is 57.6 Å². The molecule has 2 aliphatic heterocycles. The third-order valence-electron chi connectivity index (χ3n) is 8.66. The van der Waals surface area contributed by atoms with E-state index in [0.717, 1.165) is 31.1 Å². The fourth-order valence-electron chi connectivity index (χ4n) is 6.54. The van der Waals surface area contributed by atoms with Crippen LogP contribution < -0.4 is 9.64 Å². The predicted octanol–water partition coefficient (Wildman–Crippen LogP) is 6.54. The van der Waals surface area contributed by atoms with Gasteiger partial charge >= 0.3 is 6.18 Å². The smallest absolute Gasteiger partial charge is 0.390 e. The first-order valence-electron chi connectivity index (χ1n) is 15.6. The van der Waals surface area contributed by atoms with Crippen molar-refractivity contribution in [3.8, 4) is 17.0 Å². The van der Waals surface area contributed by atoms with Gasteiger partial charge in [0.25, 0.3) is 0 Å². The third kappa shape index (κ3) is 6.89. The summed E-state index contributed by atoms with van der Waals surface area (Å²) in [7, 11) is 1.54. The third-order valence-corrected chi connectivity index (χ3v) is 8.66. The Morgan fingerprint density at radius 1 is 1.07 bits per heavy atom. The minimum absolute atomic E-state index is 0.0708. The largest absolute Gasteiger partial charge is 0.468 e. The molecule has 1 unspecified atom stereocenters. The number of methoxy groups -OCH3 is 1. The van der Waals surface area contributed by atoms with Crippen LogP contribution in [0.2, 0.25) is 0 Å². The number of pyridine rings is 1. The molecule has 0 N–H and O–H groups in total. The van der Waals surface area contributed by atoms with E-state index in [-0.39, 0.29) is 19.6 Å². The van der Waals surface area contributed by atoms with Crippen LogP contribution in [-0.4, -0.2) is 78.3 Å². The standard InChI is InChI=1S/C34H38F3N5O4/c1-23-30-28(21-43)32(41-16-15-40(19-24-8-4-3-5-9-24)26(20-41)18-34(35,36)37)31(25-11-13-27(14-12-25)46-22-44-2)38-33(30)42(39-23)29-10-6-7-17-45-29/h3-5,8-9,11-14,21,26,29H,6-7,10,15-20,22H2,1-2H3/t26-,29?/m1/s1. The van der Waals surface area contributed by atoms with Gasteiger partial charge in [-0.15, -0.1) is 0 Å². The number of aldehydes is 1. The zero-order chi connectivity index (χ0) is 32.3. The Hall–Kier alpha value is -4.00. The lowest BCUT2D eigenvalue weighted by Gasteiger charge is -2.43. The number of nitrogens with zero attached hydrogens (tertiary/aromatic N) is 5. The van der Waals surface area contributed by atoms with Gasteiger partial charge in [0.15, 0.2) is 25.0 Å². The van der Waals surface area contributed by atoms with Gasteiger partial charge in [0.2, 0.25) is 0 Å². The van der Waals surface area contributed by atoms with E-state index in [1.54, 1.807) is 16.8 Å². The molecule has 2 aromatic heterocycles. The molecule has 0 saturated carbocycles. The monoisotopic (exact) mass is 637 g/mol. The molecule has 2 saturated heterocycles. The number of alkyl halides is 3. The van der Waals surface area contributed by atoms with Crippen LogP contribution in [0.25, 0.3) is 22.3 Å². The number of hydrogen-bond donors (Lipinski definition) is 0. The highest BCUT2D eigenvalue weighted by Crippen LogP contribution is 2.41. The number of piperazine rings is 1. The summed E-state index contributed by atoms with van der Waals surface area (Å²) in [4.78, 5) is 21.9. The Morgan fingerprint density at radius 2 is 1.85 bits per heavy atom. The molecule has 244 valence electrons. The van der Waals surface area contributed by atoms with Crippen LogP contribution in [0, 0.1) is 6.92 Å². The van der Waals surface area contributed by atoms with Gasteiger partial charge in [-0.2, -0.15) is 18.3 Å². The van der Waals surface area contributed by atoms with E-state index in [1.165, 1.54) is 7.11 Å². The average molecular weight is 638 g/mol. The van der Waals surface area contributed by atoms with Gasteiger partial charge in [-0.05, 0) is 56.0 Å². The van der Waals surface area contributed by atoms with E-state index in [9.17, 15) is 18.0 Å². The lowest BCUT2D eigenvalue weighted by Crippen LogP contribution is -2.54. The number of carbonyl (C=O) groups excluding carboxylic acids is 1. The molecule has 4 heterocycles. The van der Waals surface area contributed by atoms with Crippen LogP contribution in [0.15, 0.2) is 54.6 Å². The summed E-state index contributed by atoms with van der Waals surface area (Å²) in [5.74, 6) is 0.583. The van der Waals surface area contributed by atoms with Crippen LogP contribution in [0.1, 0.15) is 53.5 Å². The molecule has 2 aliphatic rings. The van der Waals surface area contributed by atoms with Crippen LogP contribution in [0.5, 0.6) is 5.75 Å². The minimum atomic E-state index is -4.36. The molecule has 2 atom stereocenters. The normalized spacial score (nSPS) is 19.5. The number of ether oxygens (including phenoxy) is 3. The van der Waals surface area contributed by atoms with E-state index < -0.39 is 18.6 Å². The number of carbonyl (C=O) groups is 1. The molecule has 2 fully saturated rings. The molecule has 46 heavy (non-hydrogen) atoms. The Kier molecular flexibility index (Phi) is 9.57. The van der Waals surface area contributed by atoms with Gasteiger partial charge in [-0.25, -0.2) is 9.67 Å². The summed E-state index contributed by atoms with van der Waals surface area (Å²) in [6.07, 6.45) is -2.17. The maximum atomic E-state index is 14.0. The highest BCUT2D eigenvalue weighted by molar-refractivity contribution is 6.06. The van der Waals surface area contributed by atoms with Crippen molar-refractivity contribution in [3.63, 3.8) is 0 Å². The Bertz CT molecular complexity index is 1640. The van der Waals surface area contributed by atoms with E-state index in [1.807, 2.05) is 59.2 Å². The van der Waals surface area contributed by atoms with Crippen LogP contribution in [0.3, 0.4) is 0 Å². The molecular weight excluding hydrogens is 599 g/mol. The number of aryl methyl sites for hydroxylation is 1. The van der Waals surface area contributed by atoms with Gasteiger partial charge in [0.05, 0.1) is 34.4 Å². The van der Waals surface area contributed by atoms with Gasteiger partial charge < -0.3 is 19.1 Å². The molecule has 4 aromatic rings. The molecule has 6 rings (SSSR count). The second kappa shape index (κ2) is 13.8. The zero-order valence-electron chi connectivity index (χ0n) is 26.0. The highest BCUT2D eigenvalue weighted by atomic mass is 19.4. The van der Waals surface area contributed by atoms with Crippen molar-refractivity contribution in [1.29, 1.82) is 0 Å². The Morgan fingerprint density at radius 3 is 2.52 bits per heavy atom. The maximum Gasteiger partial charge on any atom is 0.390 e. The van der Waals surface area contributed by atoms with Gasteiger partial charge in [-0.1, -0.05) is 30.3 Å². The molecule has 0 radical (unpaired) electrons. The van der Waals surface area contributed by atoms with E-state index in [4.69, 9.17) is 24.3 Å². The van der Waals surface area contributed by atoms with Crippen molar-refractivity contribution >= 4 is 23.0 Å². The second-order valence-electron chi connectivity index (χ2n) is 11.8. The average Bonchev–Trinajstić information content (AvgIpc) is 3.40. The fraction of sp³-hybridized carbons (Fsp3) is 0.441. The number of rotatable bonds is 10. The summed E-state index contributed by atoms with van der Waals surface area (Å²) in [6.45, 7) is 3.77. The van der Waals surface area contributed by atoms with Gasteiger partial charge in [0.1, 0.15) is 5.75 Å². The Labute approximate surface area is 265 Å². The topological polar surface area (TPSA) is 81.9 Å². The van der Waals surface area contributed by atoms with Crippen LogP contribution in [-0.2, 0) is 16.0 Å². The van der Waals surface area contributed by atoms with Gasteiger partial charge in [-0.3, -0.25) is 9.69 Å². The molecule has 0 aliphatic carbocycles. The second-order valence-corrected chi connectivity index (χ2v) is 11.8. The van der Waals surface area contributed by atoms with Gasteiger partial charge in [0, 0.05) is 51.5 Å². The zero-order valence-corrected chi connectivity index (χ0v) is 26.0. The number of fused-ring (bicyclic) bond motifs is 1. The summed E-state index contributed by atoms with van der Waals surface area (Å²) in [5.41, 5.74) is 4.13. The van der Waals surface area contributed by atoms with E-state index in [2.05, 4.69) is 0 Å². The molecule has 2 aromatic carbocycles. The highest BCUT2D eigenvalue weighted by Gasteiger charge is 2.39. The molecular formula is C34H38F3N5O4. The summed E-state index contributed by atoms with van der Waals surface area (Å²) >= 11 is 0. The molecule has 0 bridgehead atoms. The quantitative estimate of drug-likeness (QED) is 0.143. The summed E-state index contributed by atoms with van der Waals surface area (Å²) in [5, 5.41) is 5.36.